The van der Waals surface area contributed by atoms with E-state index in [1.807, 2.05) is 24.3 Å². The molecule has 0 N–H and O–H groups in total. The molecule has 4 nitrogen and oxygen atoms in total. The molecule has 0 amide bonds. The topological polar surface area (TPSA) is 44.1 Å². The monoisotopic (exact) mass is 420 g/mol. The third-order valence-corrected chi connectivity index (χ3v) is 3.49. The molecule has 94 valence electrons. The van der Waals surface area contributed by atoms with E-state index in [1.165, 1.54) is 0 Å². The van der Waals surface area contributed by atoms with Crippen molar-refractivity contribution in [2.75, 3.05) is 6.61 Å². The van der Waals surface area contributed by atoms with Gasteiger partial charge in [-0.2, -0.15) is 5.10 Å². The zero-order valence-corrected chi connectivity index (χ0v) is 13.3. The van der Waals surface area contributed by atoms with Crippen LogP contribution in [0, 0.1) is 3.57 Å². The zero-order valence-electron chi connectivity index (χ0n) is 9.56. The fourth-order valence-corrected chi connectivity index (χ4v) is 2.42. The number of hydrogen-bond acceptors (Lipinski definition) is 3. The van der Waals surface area contributed by atoms with Crippen LogP contribution >= 0.6 is 38.5 Å². The highest BCUT2D eigenvalue weighted by Crippen LogP contribution is 2.18. The van der Waals surface area contributed by atoms with Crippen molar-refractivity contribution in [1.29, 1.82) is 0 Å². The van der Waals surface area contributed by atoms with E-state index in [1.54, 1.807) is 17.8 Å². The van der Waals surface area contributed by atoms with E-state index in [4.69, 9.17) is 4.74 Å². The molecule has 0 unspecified atom stereocenters. The number of aromatic nitrogens is 2. The van der Waals surface area contributed by atoms with Gasteiger partial charge in [0.15, 0.2) is 5.69 Å². The van der Waals surface area contributed by atoms with Crippen molar-refractivity contribution in [1.82, 2.24) is 9.78 Å². The summed E-state index contributed by atoms with van der Waals surface area (Å²) in [5, 5.41) is 4.25. The normalized spacial score (nSPS) is 10.4. The molecule has 0 saturated heterocycles. The Morgan fingerprint density at radius 1 is 1.56 bits per heavy atom. The number of carbonyl (C=O) groups is 1. The zero-order chi connectivity index (χ0) is 13.1. The second-order valence-corrected chi connectivity index (χ2v) is 5.55. The Kier molecular flexibility index (Phi) is 4.39. The van der Waals surface area contributed by atoms with E-state index in [-0.39, 0.29) is 0 Å². The van der Waals surface area contributed by atoms with Gasteiger partial charge in [-0.3, -0.25) is 0 Å². The standard InChI is InChI=1S/C12H10BrIN2O2/c1-2-18-12(17)11-10(14)7-16(15-11)9-5-3-4-8(13)6-9/h3-7H,2H2,1H3. The maximum Gasteiger partial charge on any atom is 0.359 e. The predicted octanol–water partition coefficient (Wildman–Crippen LogP) is 3.42. The summed E-state index contributed by atoms with van der Waals surface area (Å²) < 4.78 is 8.35. The van der Waals surface area contributed by atoms with Crippen LogP contribution in [-0.4, -0.2) is 22.4 Å². The van der Waals surface area contributed by atoms with Gasteiger partial charge in [0, 0.05) is 10.7 Å². The van der Waals surface area contributed by atoms with Crippen molar-refractivity contribution in [3.63, 3.8) is 0 Å². The number of halogens is 2. The molecule has 0 saturated carbocycles. The number of hydrogen-bond donors (Lipinski definition) is 0. The minimum Gasteiger partial charge on any atom is -0.461 e. The van der Waals surface area contributed by atoms with Crippen molar-refractivity contribution in [2.24, 2.45) is 0 Å². The predicted molar refractivity (Wildman–Crippen MR) is 79.9 cm³/mol. The fourth-order valence-electron chi connectivity index (χ4n) is 1.44. The Morgan fingerprint density at radius 2 is 2.33 bits per heavy atom. The highest BCUT2D eigenvalue weighted by atomic mass is 127. The lowest BCUT2D eigenvalue weighted by Gasteiger charge is -2.01. The summed E-state index contributed by atoms with van der Waals surface area (Å²) >= 11 is 5.48. The smallest absolute Gasteiger partial charge is 0.359 e. The van der Waals surface area contributed by atoms with Crippen LogP contribution in [0.25, 0.3) is 5.69 Å². The number of carbonyl (C=O) groups excluding carboxylic acids is 1. The van der Waals surface area contributed by atoms with Crippen molar-refractivity contribution in [2.45, 2.75) is 6.92 Å². The van der Waals surface area contributed by atoms with Crippen molar-refractivity contribution >= 4 is 44.5 Å². The maximum atomic E-state index is 11.7. The Hall–Kier alpha value is -0.890. The Bertz CT molecular complexity index is 583. The van der Waals surface area contributed by atoms with Crippen LogP contribution in [0.3, 0.4) is 0 Å². The fraction of sp³-hybridized carbons (Fsp3) is 0.167. The molecule has 0 fully saturated rings. The van der Waals surface area contributed by atoms with Gasteiger partial charge in [-0.1, -0.05) is 22.0 Å². The molecule has 18 heavy (non-hydrogen) atoms. The largest absolute Gasteiger partial charge is 0.461 e. The lowest BCUT2D eigenvalue weighted by molar-refractivity contribution is 0.0517. The summed E-state index contributed by atoms with van der Waals surface area (Å²) in [5.74, 6) is -0.393. The van der Waals surface area contributed by atoms with Gasteiger partial charge in [0.2, 0.25) is 0 Å². The second kappa shape index (κ2) is 5.83. The van der Waals surface area contributed by atoms with Crippen LogP contribution in [0.4, 0.5) is 0 Å². The molecule has 0 aliphatic rings. The number of ether oxygens (including phenoxy) is 1. The molecule has 2 aromatic rings. The van der Waals surface area contributed by atoms with Crippen LogP contribution in [0.2, 0.25) is 0 Å². The molecular formula is C12H10BrIN2O2. The lowest BCUT2D eigenvalue weighted by Crippen LogP contribution is -2.07. The molecule has 6 heteroatoms. The maximum absolute atomic E-state index is 11.7. The van der Waals surface area contributed by atoms with Crippen LogP contribution < -0.4 is 0 Å². The minimum atomic E-state index is -0.393. The summed E-state index contributed by atoms with van der Waals surface area (Å²) in [6.45, 7) is 2.12. The Balaban J connectivity index is 2.37. The second-order valence-electron chi connectivity index (χ2n) is 3.47. The molecule has 0 spiro atoms. The SMILES string of the molecule is CCOC(=O)c1nn(-c2cccc(Br)c2)cc1I. The van der Waals surface area contributed by atoms with Gasteiger partial charge in [0.1, 0.15) is 0 Å². The minimum absolute atomic E-state index is 0.345. The van der Waals surface area contributed by atoms with Gasteiger partial charge < -0.3 is 4.74 Å². The molecule has 0 aliphatic carbocycles. The lowest BCUT2D eigenvalue weighted by atomic mass is 10.3. The van der Waals surface area contributed by atoms with E-state index in [9.17, 15) is 4.79 Å². The summed E-state index contributed by atoms with van der Waals surface area (Å²) in [5.41, 5.74) is 1.23. The van der Waals surface area contributed by atoms with Crippen molar-refractivity contribution in [3.8, 4) is 5.69 Å². The summed E-state index contributed by atoms with van der Waals surface area (Å²) in [7, 11) is 0. The summed E-state index contributed by atoms with van der Waals surface area (Å²) in [4.78, 5) is 11.7. The number of nitrogens with zero attached hydrogens (tertiary/aromatic N) is 2. The first kappa shape index (κ1) is 13.5. The van der Waals surface area contributed by atoms with Gasteiger partial charge in [-0.05, 0) is 47.7 Å². The Labute approximate surface area is 127 Å². The van der Waals surface area contributed by atoms with Gasteiger partial charge >= 0.3 is 5.97 Å². The molecule has 2 rings (SSSR count). The first-order chi connectivity index (χ1) is 8.61. The number of benzene rings is 1. The van der Waals surface area contributed by atoms with Gasteiger partial charge in [0.05, 0.1) is 15.9 Å². The first-order valence-electron chi connectivity index (χ1n) is 5.30. The third kappa shape index (κ3) is 2.92. The van der Waals surface area contributed by atoms with E-state index >= 15 is 0 Å². The highest BCUT2D eigenvalue weighted by Gasteiger charge is 2.16. The van der Waals surface area contributed by atoms with Gasteiger partial charge in [-0.25, -0.2) is 9.48 Å². The number of esters is 1. The van der Waals surface area contributed by atoms with E-state index < -0.39 is 5.97 Å². The van der Waals surface area contributed by atoms with Gasteiger partial charge in [0.25, 0.3) is 0 Å². The molecular weight excluding hydrogens is 411 g/mol. The average Bonchev–Trinajstić information content (AvgIpc) is 2.72. The number of rotatable bonds is 3. The molecule has 0 radical (unpaired) electrons. The van der Waals surface area contributed by atoms with Crippen LogP contribution in [-0.2, 0) is 4.74 Å². The van der Waals surface area contributed by atoms with E-state index in [0.29, 0.717) is 12.3 Å². The quantitative estimate of drug-likeness (QED) is 0.564. The summed E-state index contributed by atoms with van der Waals surface area (Å²) in [6, 6.07) is 7.70. The summed E-state index contributed by atoms with van der Waals surface area (Å²) in [6.07, 6.45) is 1.80. The Morgan fingerprint density at radius 3 is 3.00 bits per heavy atom. The van der Waals surface area contributed by atoms with E-state index in [2.05, 4.69) is 43.6 Å². The van der Waals surface area contributed by atoms with Crippen molar-refractivity contribution < 1.29 is 9.53 Å². The highest BCUT2D eigenvalue weighted by molar-refractivity contribution is 14.1. The molecule has 0 aliphatic heterocycles. The molecule has 1 aromatic heterocycles. The van der Waals surface area contributed by atoms with Gasteiger partial charge in [-0.15, -0.1) is 0 Å². The first-order valence-corrected chi connectivity index (χ1v) is 7.17. The van der Waals surface area contributed by atoms with Crippen LogP contribution in [0.5, 0.6) is 0 Å². The van der Waals surface area contributed by atoms with Crippen LogP contribution in [0.1, 0.15) is 17.4 Å². The third-order valence-electron chi connectivity index (χ3n) is 2.21. The average molecular weight is 421 g/mol. The molecule has 1 heterocycles. The molecule has 0 atom stereocenters. The molecule has 0 bridgehead atoms. The van der Waals surface area contributed by atoms with E-state index in [0.717, 1.165) is 13.7 Å². The van der Waals surface area contributed by atoms with Crippen molar-refractivity contribution in [3.05, 3.63) is 44.2 Å². The van der Waals surface area contributed by atoms with Crippen LogP contribution in [0.15, 0.2) is 34.9 Å². The molecule has 1 aromatic carbocycles.